The second-order valence-electron chi connectivity index (χ2n) is 5.00. The van der Waals surface area contributed by atoms with Crippen LogP contribution in [-0.4, -0.2) is 19.1 Å². The predicted octanol–water partition coefficient (Wildman–Crippen LogP) is 3.38. The van der Waals surface area contributed by atoms with E-state index in [1.54, 1.807) is 0 Å². The van der Waals surface area contributed by atoms with E-state index in [1.165, 1.54) is 22.4 Å². The van der Waals surface area contributed by atoms with E-state index in [0.29, 0.717) is 0 Å². The van der Waals surface area contributed by atoms with Crippen molar-refractivity contribution in [2.45, 2.75) is 20.4 Å². The van der Waals surface area contributed by atoms with Crippen LogP contribution in [0, 0.1) is 13.8 Å². The van der Waals surface area contributed by atoms with Crippen molar-refractivity contribution in [3.63, 3.8) is 0 Å². The molecule has 0 spiro atoms. The van der Waals surface area contributed by atoms with Gasteiger partial charge in [0.15, 0.2) is 0 Å². The Morgan fingerprint density at radius 3 is 2.42 bits per heavy atom. The first-order valence-electron chi connectivity index (χ1n) is 6.50. The summed E-state index contributed by atoms with van der Waals surface area (Å²) in [7, 11) is 4.01. The van der Waals surface area contributed by atoms with Gasteiger partial charge in [0.2, 0.25) is 0 Å². The fraction of sp³-hybridized carbons (Fsp3) is 0.312. The van der Waals surface area contributed by atoms with Crippen molar-refractivity contribution in [1.29, 1.82) is 0 Å². The lowest BCUT2D eigenvalue weighted by Crippen LogP contribution is -2.16. The first-order chi connectivity index (χ1) is 9.08. The number of hydrogen-bond acceptors (Lipinski definition) is 3. The van der Waals surface area contributed by atoms with Crippen molar-refractivity contribution in [2.24, 2.45) is 0 Å². The number of nitrogens with zero attached hydrogens (tertiary/aromatic N) is 2. The van der Waals surface area contributed by atoms with Gasteiger partial charge < -0.3 is 10.2 Å². The lowest BCUT2D eigenvalue weighted by molar-refractivity contribution is 0.918. The van der Waals surface area contributed by atoms with E-state index >= 15 is 0 Å². The van der Waals surface area contributed by atoms with Gasteiger partial charge in [-0.3, -0.25) is 0 Å². The van der Waals surface area contributed by atoms with E-state index in [9.17, 15) is 0 Å². The van der Waals surface area contributed by atoms with Gasteiger partial charge in [0.05, 0.1) is 0 Å². The summed E-state index contributed by atoms with van der Waals surface area (Å²) in [5, 5.41) is 3.07. The molecule has 1 aromatic carbocycles. The number of aryl methyl sites for hydroxylation is 2. The maximum Gasteiger partial charge on any atom is 0.125 e. The summed E-state index contributed by atoms with van der Waals surface area (Å²) in [4.78, 5) is 6.50. The second-order valence-corrected chi connectivity index (χ2v) is 5.00. The molecule has 0 bridgehead atoms. The maximum absolute atomic E-state index is 4.24. The van der Waals surface area contributed by atoms with Gasteiger partial charge in [0.25, 0.3) is 0 Å². The zero-order valence-electron chi connectivity index (χ0n) is 12.1. The van der Waals surface area contributed by atoms with Crippen LogP contribution in [0.15, 0.2) is 36.5 Å². The van der Waals surface area contributed by atoms with E-state index in [2.05, 4.69) is 66.4 Å². The van der Waals surface area contributed by atoms with Crippen molar-refractivity contribution in [1.82, 2.24) is 4.98 Å². The second kappa shape index (κ2) is 5.74. The van der Waals surface area contributed by atoms with E-state index in [0.717, 1.165) is 12.4 Å². The number of aromatic nitrogens is 1. The molecular weight excluding hydrogens is 234 g/mol. The molecule has 0 aliphatic heterocycles. The molecule has 2 aromatic rings. The lowest BCUT2D eigenvalue weighted by Gasteiger charge is -2.20. The zero-order chi connectivity index (χ0) is 13.8. The molecule has 3 nitrogen and oxygen atoms in total. The molecule has 1 N–H and O–H groups in total. The molecule has 19 heavy (non-hydrogen) atoms. The molecule has 0 saturated carbocycles. The first-order valence-corrected chi connectivity index (χ1v) is 6.50. The molecule has 0 aliphatic rings. The minimum Gasteiger partial charge on any atom is -0.373 e. The summed E-state index contributed by atoms with van der Waals surface area (Å²) in [5.41, 5.74) is 5.10. The lowest BCUT2D eigenvalue weighted by atomic mass is 10.1. The number of anilines is 2. The minimum absolute atomic E-state index is 0.875. The van der Waals surface area contributed by atoms with Crippen LogP contribution in [0.1, 0.15) is 16.7 Å². The zero-order valence-corrected chi connectivity index (χ0v) is 12.1. The molecule has 0 aliphatic carbocycles. The number of nitrogens with one attached hydrogen (secondary N) is 1. The van der Waals surface area contributed by atoms with Crippen molar-refractivity contribution in [2.75, 3.05) is 24.3 Å². The fourth-order valence-corrected chi connectivity index (χ4v) is 2.25. The summed E-state index contributed by atoms with van der Waals surface area (Å²) < 4.78 is 0. The Balaban J connectivity index is 2.17. The van der Waals surface area contributed by atoms with Crippen molar-refractivity contribution >= 4 is 11.5 Å². The van der Waals surface area contributed by atoms with E-state index < -0.39 is 0 Å². The molecule has 2 rings (SSSR count). The molecule has 1 aromatic heterocycles. The highest BCUT2D eigenvalue weighted by Crippen LogP contribution is 2.19. The first kappa shape index (κ1) is 13.4. The average Bonchev–Trinajstić information content (AvgIpc) is 2.37. The van der Waals surface area contributed by atoms with Crippen LogP contribution < -0.4 is 10.2 Å². The van der Waals surface area contributed by atoms with Crippen molar-refractivity contribution in [3.8, 4) is 0 Å². The molecule has 100 valence electrons. The number of hydrogen-bond donors (Lipinski definition) is 1. The SMILES string of the molecule is CNc1cc(CN(C)c2cc(C)cc(C)c2)ccn1. The van der Waals surface area contributed by atoms with Gasteiger partial charge in [0.1, 0.15) is 5.82 Å². The molecule has 0 fully saturated rings. The largest absolute Gasteiger partial charge is 0.373 e. The third kappa shape index (κ3) is 3.47. The van der Waals surface area contributed by atoms with Gasteiger partial charge >= 0.3 is 0 Å². The average molecular weight is 255 g/mol. The summed E-state index contributed by atoms with van der Waals surface area (Å²) in [5.74, 6) is 0.909. The van der Waals surface area contributed by atoms with Gasteiger partial charge in [-0.1, -0.05) is 6.07 Å². The van der Waals surface area contributed by atoms with Crippen LogP contribution in [0.5, 0.6) is 0 Å². The molecule has 0 atom stereocenters. The number of rotatable bonds is 4. The highest BCUT2D eigenvalue weighted by Gasteiger charge is 2.04. The fourth-order valence-electron chi connectivity index (χ4n) is 2.25. The standard InChI is InChI=1S/C16H21N3/c1-12-7-13(2)9-15(8-12)19(4)11-14-5-6-18-16(10-14)17-3/h5-10H,11H2,1-4H3,(H,17,18). The van der Waals surface area contributed by atoms with Crippen molar-refractivity contribution < 1.29 is 0 Å². The van der Waals surface area contributed by atoms with E-state index in [-0.39, 0.29) is 0 Å². The normalized spacial score (nSPS) is 10.3. The Morgan fingerprint density at radius 2 is 1.79 bits per heavy atom. The summed E-state index contributed by atoms with van der Waals surface area (Å²) in [6.45, 7) is 5.14. The Kier molecular flexibility index (Phi) is 4.05. The Bertz CT molecular complexity index is 543. The predicted molar refractivity (Wildman–Crippen MR) is 81.8 cm³/mol. The van der Waals surface area contributed by atoms with Crippen LogP contribution in [0.4, 0.5) is 11.5 Å². The van der Waals surface area contributed by atoms with E-state index in [4.69, 9.17) is 0 Å². The highest BCUT2D eigenvalue weighted by molar-refractivity contribution is 5.51. The van der Waals surface area contributed by atoms with Gasteiger partial charge in [-0.15, -0.1) is 0 Å². The molecule has 0 unspecified atom stereocenters. The third-order valence-corrected chi connectivity index (χ3v) is 3.15. The van der Waals surface area contributed by atoms with Gasteiger partial charge in [-0.2, -0.15) is 0 Å². The molecule has 0 radical (unpaired) electrons. The van der Waals surface area contributed by atoms with Crippen LogP contribution in [0.25, 0.3) is 0 Å². The molecule has 0 saturated heterocycles. The molecule has 0 amide bonds. The number of pyridine rings is 1. The van der Waals surface area contributed by atoms with Crippen LogP contribution in [0.3, 0.4) is 0 Å². The highest BCUT2D eigenvalue weighted by atomic mass is 15.1. The van der Waals surface area contributed by atoms with Crippen LogP contribution in [0.2, 0.25) is 0 Å². The Labute approximate surface area is 115 Å². The third-order valence-electron chi connectivity index (χ3n) is 3.15. The maximum atomic E-state index is 4.24. The van der Waals surface area contributed by atoms with Gasteiger partial charge in [0, 0.05) is 32.5 Å². The summed E-state index contributed by atoms with van der Waals surface area (Å²) >= 11 is 0. The van der Waals surface area contributed by atoms with Crippen molar-refractivity contribution in [3.05, 3.63) is 53.2 Å². The molecular formula is C16H21N3. The number of benzene rings is 1. The summed E-state index contributed by atoms with van der Waals surface area (Å²) in [6, 6.07) is 10.8. The van der Waals surface area contributed by atoms with Gasteiger partial charge in [-0.05, 0) is 54.8 Å². The quantitative estimate of drug-likeness (QED) is 0.907. The minimum atomic E-state index is 0.875. The summed E-state index contributed by atoms with van der Waals surface area (Å²) in [6.07, 6.45) is 1.84. The topological polar surface area (TPSA) is 28.2 Å². The Morgan fingerprint density at radius 1 is 1.11 bits per heavy atom. The van der Waals surface area contributed by atoms with Crippen LogP contribution in [-0.2, 0) is 6.54 Å². The van der Waals surface area contributed by atoms with Gasteiger partial charge in [-0.25, -0.2) is 4.98 Å². The van der Waals surface area contributed by atoms with E-state index in [1.807, 2.05) is 13.2 Å². The molecule has 1 heterocycles. The Hall–Kier alpha value is -2.03. The molecule has 3 heteroatoms. The monoisotopic (exact) mass is 255 g/mol. The smallest absolute Gasteiger partial charge is 0.125 e. The van der Waals surface area contributed by atoms with Crippen LogP contribution >= 0.6 is 0 Å².